The van der Waals surface area contributed by atoms with Crippen LogP contribution in [0, 0.1) is 0 Å². The number of ketones is 1. The Labute approximate surface area is 155 Å². The standard InChI is InChI=1S/C19H17N3O3S/c1-13(23)15-9-5-6-10-16(15)20-17(24)12-26-19-22-21-18(25-19)11-14-7-3-2-4-8-14/h2-10H,11-12H2,1H3,(H,20,24). The quantitative estimate of drug-likeness (QED) is 0.507. The molecule has 2 aromatic carbocycles. The Morgan fingerprint density at radius 2 is 1.77 bits per heavy atom. The third kappa shape index (κ3) is 4.80. The number of carbonyl (C=O) groups excluding carboxylic acids is 2. The van der Waals surface area contributed by atoms with Gasteiger partial charge in [-0.25, -0.2) is 0 Å². The monoisotopic (exact) mass is 367 g/mol. The molecule has 0 fully saturated rings. The average Bonchev–Trinajstić information content (AvgIpc) is 3.08. The van der Waals surface area contributed by atoms with Gasteiger partial charge in [-0.05, 0) is 24.6 Å². The molecule has 0 radical (unpaired) electrons. The Morgan fingerprint density at radius 3 is 2.54 bits per heavy atom. The lowest BCUT2D eigenvalue weighted by molar-refractivity contribution is -0.113. The number of nitrogens with zero attached hydrogens (tertiary/aromatic N) is 2. The zero-order valence-corrected chi connectivity index (χ0v) is 15.0. The number of rotatable bonds is 7. The minimum atomic E-state index is -0.244. The van der Waals surface area contributed by atoms with E-state index in [1.54, 1.807) is 24.3 Å². The summed E-state index contributed by atoms with van der Waals surface area (Å²) >= 11 is 1.16. The number of thioether (sulfide) groups is 1. The number of aromatic nitrogens is 2. The maximum absolute atomic E-state index is 12.1. The highest BCUT2D eigenvalue weighted by molar-refractivity contribution is 7.99. The Morgan fingerprint density at radius 1 is 1.04 bits per heavy atom. The van der Waals surface area contributed by atoms with Crippen molar-refractivity contribution < 1.29 is 14.0 Å². The topological polar surface area (TPSA) is 85.1 Å². The van der Waals surface area contributed by atoms with E-state index in [9.17, 15) is 9.59 Å². The molecule has 0 saturated heterocycles. The Bertz CT molecular complexity index is 909. The zero-order chi connectivity index (χ0) is 18.4. The average molecular weight is 367 g/mol. The molecule has 1 heterocycles. The van der Waals surface area contributed by atoms with Crippen LogP contribution < -0.4 is 5.32 Å². The lowest BCUT2D eigenvalue weighted by Crippen LogP contribution is -2.16. The fourth-order valence-corrected chi connectivity index (χ4v) is 2.93. The van der Waals surface area contributed by atoms with Gasteiger partial charge in [0, 0.05) is 5.56 Å². The Balaban J connectivity index is 1.55. The van der Waals surface area contributed by atoms with Crippen LogP contribution in [0.25, 0.3) is 0 Å². The summed E-state index contributed by atoms with van der Waals surface area (Å²) < 4.78 is 5.56. The molecule has 0 bridgehead atoms. The number of anilines is 1. The Hall–Kier alpha value is -2.93. The van der Waals surface area contributed by atoms with Crippen molar-refractivity contribution in [1.29, 1.82) is 0 Å². The summed E-state index contributed by atoms with van der Waals surface area (Å²) in [7, 11) is 0. The largest absolute Gasteiger partial charge is 0.416 e. The van der Waals surface area contributed by atoms with Crippen LogP contribution in [0.3, 0.4) is 0 Å². The summed E-state index contributed by atoms with van der Waals surface area (Å²) in [6.07, 6.45) is 0.548. The van der Waals surface area contributed by atoms with E-state index in [0.717, 1.165) is 17.3 Å². The molecule has 3 aromatic rings. The minimum absolute atomic E-state index is 0.101. The molecule has 3 rings (SSSR count). The van der Waals surface area contributed by atoms with E-state index in [-0.39, 0.29) is 17.4 Å². The van der Waals surface area contributed by atoms with Gasteiger partial charge in [-0.1, -0.05) is 54.2 Å². The van der Waals surface area contributed by atoms with E-state index >= 15 is 0 Å². The molecule has 0 unspecified atom stereocenters. The van der Waals surface area contributed by atoms with Crippen molar-refractivity contribution in [3.05, 3.63) is 71.6 Å². The number of amides is 1. The fraction of sp³-hybridized carbons (Fsp3) is 0.158. The van der Waals surface area contributed by atoms with Crippen molar-refractivity contribution in [1.82, 2.24) is 10.2 Å². The molecule has 0 spiro atoms. The first kappa shape index (κ1) is 17.9. The van der Waals surface area contributed by atoms with E-state index in [4.69, 9.17) is 4.42 Å². The molecule has 0 aliphatic rings. The molecule has 7 heteroatoms. The third-order valence-corrected chi connectivity index (χ3v) is 4.37. The smallest absolute Gasteiger partial charge is 0.277 e. The number of nitrogens with one attached hydrogen (secondary N) is 1. The van der Waals surface area contributed by atoms with Crippen molar-refractivity contribution >= 4 is 29.1 Å². The van der Waals surface area contributed by atoms with Crippen LogP contribution >= 0.6 is 11.8 Å². The van der Waals surface area contributed by atoms with Gasteiger partial charge in [-0.15, -0.1) is 10.2 Å². The van der Waals surface area contributed by atoms with Gasteiger partial charge in [-0.3, -0.25) is 9.59 Å². The first-order valence-electron chi connectivity index (χ1n) is 8.01. The number of carbonyl (C=O) groups is 2. The van der Waals surface area contributed by atoms with Gasteiger partial charge in [0.15, 0.2) is 5.78 Å². The maximum Gasteiger partial charge on any atom is 0.277 e. The number of benzene rings is 2. The first-order valence-corrected chi connectivity index (χ1v) is 8.99. The van der Waals surface area contributed by atoms with Gasteiger partial charge in [0.05, 0.1) is 17.9 Å². The lowest BCUT2D eigenvalue weighted by atomic mass is 10.1. The van der Waals surface area contributed by atoms with E-state index in [1.807, 2.05) is 30.3 Å². The molecule has 6 nitrogen and oxygen atoms in total. The second-order valence-corrected chi connectivity index (χ2v) is 6.49. The van der Waals surface area contributed by atoms with Crippen LogP contribution in [-0.2, 0) is 11.2 Å². The third-order valence-electron chi connectivity index (χ3n) is 3.55. The molecule has 0 saturated carbocycles. The molecule has 0 aliphatic heterocycles. The summed E-state index contributed by atoms with van der Waals surface area (Å²) in [5.41, 5.74) is 2.06. The van der Waals surface area contributed by atoms with Crippen molar-refractivity contribution in [2.75, 3.05) is 11.1 Å². The molecule has 132 valence electrons. The Kier molecular flexibility index (Phi) is 5.80. The van der Waals surface area contributed by atoms with Gasteiger partial charge >= 0.3 is 0 Å². The highest BCUT2D eigenvalue weighted by Crippen LogP contribution is 2.20. The molecule has 0 atom stereocenters. The van der Waals surface area contributed by atoms with E-state index in [1.165, 1.54) is 6.92 Å². The van der Waals surface area contributed by atoms with E-state index in [2.05, 4.69) is 15.5 Å². The second-order valence-electron chi connectivity index (χ2n) is 5.56. The summed E-state index contributed by atoms with van der Waals surface area (Å²) in [5, 5.41) is 11.0. The highest BCUT2D eigenvalue weighted by atomic mass is 32.2. The van der Waals surface area contributed by atoms with Crippen LogP contribution in [0.4, 0.5) is 5.69 Å². The molecular formula is C19H17N3O3S. The number of hydrogen-bond donors (Lipinski definition) is 1. The highest BCUT2D eigenvalue weighted by Gasteiger charge is 2.13. The van der Waals surface area contributed by atoms with Crippen molar-refractivity contribution in [2.24, 2.45) is 0 Å². The number of para-hydroxylation sites is 1. The minimum Gasteiger partial charge on any atom is -0.416 e. The van der Waals surface area contributed by atoms with Gasteiger partial charge in [-0.2, -0.15) is 0 Å². The van der Waals surface area contributed by atoms with Crippen LogP contribution in [0.1, 0.15) is 28.7 Å². The summed E-state index contributed by atoms with van der Waals surface area (Å²) in [5.74, 6) is 0.266. The molecule has 1 N–H and O–H groups in total. The van der Waals surface area contributed by atoms with Crippen molar-refractivity contribution in [2.45, 2.75) is 18.6 Å². The van der Waals surface area contributed by atoms with Gasteiger partial charge in [0.2, 0.25) is 11.8 Å². The van der Waals surface area contributed by atoms with Crippen molar-refractivity contribution in [3.8, 4) is 0 Å². The molecular weight excluding hydrogens is 350 g/mol. The molecule has 0 aliphatic carbocycles. The maximum atomic E-state index is 12.1. The number of hydrogen-bond acceptors (Lipinski definition) is 6. The second kappa shape index (κ2) is 8.44. The SMILES string of the molecule is CC(=O)c1ccccc1NC(=O)CSc1nnc(Cc2ccccc2)o1. The van der Waals surface area contributed by atoms with E-state index in [0.29, 0.717) is 28.8 Å². The van der Waals surface area contributed by atoms with Crippen LogP contribution in [0.5, 0.6) is 0 Å². The predicted octanol–water partition coefficient (Wildman–Crippen LogP) is 3.59. The van der Waals surface area contributed by atoms with Gasteiger partial charge in [0.1, 0.15) is 0 Å². The van der Waals surface area contributed by atoms with Crippen LogP contribution in [0.2, 0.25) is 0 Å². The van der Waals surface area contributed by atoms with Gasteiger partial charge < -0.3 is 9.73 Å². The fourth-order valence-electron chi connectivity index (χ4n) is 2.35. The predicted molar refractivity (Wildman–Crippen MR) is 99.3 cm³/mol. The lowest BCUT2D eigenvalue weighted by Gasteiger charge is -2.07. The molecule has 1 amide bonds. The molecule has 26 heavy (non-hydrogen) atoms. The first-order chi connectivity index (χ1) is 12.6. The van der Waals surface area contributed by atoms with Crippen LogP contribution in [-0.4, -0.2) is 27.6 Å². The van der Waals surface area contributed by atoms with Gasteiger partial charge in [0.25, 0.3) is 5.22 Å². The summed E-state index contributed by atoms with van der Waals surface area (Å²) in [6, 6.07) is 16.7. The van der Waals surface area contributed by atoms with Crippen molar-refractivity contribution in [3.63, 3.8) is 0 Å². The normalized spacial score (nSPS) is 10.5. The molecule has 1 aromatic heterocycles. The van der Waals surface area contributed by atoms with Crippen LogP contribution in [0.15, 0.2) is 64.2 Å². The number of Topliss-reactive ketones (excluding diaryl/α,β-unsaturated/α-hetero) is 1. The van der Waals surface area contributed by atoms with E-state index < -0.39 is 0 Å². The summed E-state index contributed by atoms with van der Waals surface area (Å²) in [6.45, 7) is 1.46. The zero-order valence-electron chi connectivity index (χ0n) is 14.1. The summed E-state index contributed by atoms with van der Waals surface area (Å²) in [4.78, 5) is 23.7.